The van der Waals surface area contributed by atoms with Crippen LogP contribution in [0.25, 0.3) is 0 Å². The predicted molar refractivity (Wildman–Crippen MR) is 73.5 cm³/mol. The van der Waals surface area contributed by atoms with Crippen LogP contribution in [0.3, 0.4) is 0 Å². The molecule has 0 bridgehead atoms. The molecule has 0 amide bonds. The molecule has 2 aromatic rings. The van der Waals surface area contributed by atoms with Gasteiger partial charge in [0.2, 0.25) is 0 Å². The van der Waals surface area contributed by atoms with Crippen LogP contribution in [0.1, 0.15) is 17.2 Å². The van der Waals surface area contributed by atoms with E-state index in [1.807, 2.05) is 0 Å². The van der Waals surface area contributed by atoms with Crippen LogP contribution in [-0.4, -0.2) is 7.11 Å². The third-order valence-electron chi connectivity index (χ3n) is 2.95. The van der Waals surface area contributed by atoms with Gasteiger partial charge in [-0.15, -0.1) is 0 Å². The number of hydrogen-bond donors (Lipinski definition) is 2. The first-order chi connectivity index (χ1) is 9.56. The Hall–Kier alpha value is -1.69. The molecule has 0 saturated heterocycles. The number of ether oxygens (including phenoxy) is 1. The zero-order valence-electron chi connectivity index (χ0n) is 10.7. The van der Waals surface area contributed by atoms with E-state index in [-0.39, 0.29) is 5.02 Å². The number of benzene rings is 2. The second-order valence-electron chi connectivity index (χ2n) is 4.16. The first kappa shape index (κ1) is 14.7. The van der Waals surface area contributed by atoms with Crippen molar-refractivity contribution in [2.45, 2.75) is 6.04 Å². The molecule has 0 saturated carbocycles. The summed E-state index contributed by atoms with van der Waals surface area (Å²) >= 11 is 5.65. The molecule has 0 radical (unpaired) electrons. The summed E-state index contributed by atoms with van der Waals surface area (Å²) in [6.07, 6.45) is 0. The number of hydrazine groups is 1. The summed E-state index contributed by atoms with van der Waals surface area (Å²) in [5, 5.41) is 0.00993. The van der Waals surface area contributed by atoms with E-state index >= 15 is 0 Å². The van der Waals surface area contributed by atoms with E-state index < -0.39 is 17.7 Å². The van der Waals surface area contributed by atoms with Crippen molar-refractivity contribution in [1.82, 2.24) is 5.43 Å². The summed E-state index contributed by atoms with van der Waals surface area (Å²) in [6.45, 7) is 0. The second-order valence-corrected chi connectivity index (χ2v) is 4.57. The van der Waals surface area contributed by atoms with Gasteiger partial charge in [0.05, 0.1) is 18.2 Å². The Morgan fingerprint density at radius 2 is 1.95 bits per heavy atom. The maximum atomic E-state index is 13.5. The standard InChI is InChI=1S/C14H13ClF2N2O/c1-20-13-5-3-9(16)7-10(13)14(19-18)8-2-4-11(15)12(17)6-8/h2-7,14,19H,18H2,1H3. The Bertz CT molecular complexity index is 622. The van der Waals surface area contributed by atoms with Crippen LogP contribution in [0.2, 0.25) is 5.02 Å². The average Bonchev–Trinajstić information content (AvgIpc) is 2.44. The van der Waals surface area contributed by atoms with Gasteiger partial charge in [-0.3, -0.25) is 5.84 Å². The molecule has 3 N–H and O–H groups in total. The molecule has 0 heterocycles. The normalized spacial score (nSPS) is 12.2. The summed E-state index contributed by atoms with van der Waals surface area (Å²) < 4.78 is 32.1. The minimum atomic E-state index is -0.618. The lowest BCUT2D eigenvalue weighted by Gasteiger charge is -2.20. The molecule has 2 rings (SSSR count). The fraction of sp³-hybridized carbons (Fsp3) is 0.143. The van der Waals surface area contributed by atoms with Crippen molar-refractivity contribution in [1.29, 1.82) is 0 Å². The summed E-state index contributed by atoms with van der Waals surface area (Å²) in [5.41, 5.74) is 3.51. The van der Waals surface area contributed by atoms with E-state index in [4.69, 9.17) is 22.2 Å². The van der Waals surface area contributed by atoms with Crippen LogP contribution in [0.5, 0.6) is 5.75 Å². The highest BCUT2D eigenvalue weighted by molar-refractivity contribution is 6.30. The SMILES string of the molecule is COc1ccc(F)cc1C(NN)c1ccc(Cl)c(F)c1. The number of nitrogens with one attached hydrogen (secondary N) is 1. The molecular formula is C14H13ClF2N2O. The van der Waals surface area contributed by atoms with Crippen molar-refractivity contribution >= 4 is 11.6 Å². The number of nitrogens with two attached hydrogens (primary N) is 1. The average molecular weight is 299 g/mol. The van der Waals surface area contributed by atoms with E-state index in [0.717, 1.165) is 0 Å². The van der Waals surface area contributed by atoms with Crippen molar-refractivity contribution < 1.29 is 13.5 Å². The lowest BCUT2D eigenvalue weighted by Crippen LogP contribution is -2.29. The Balaban J connectivity index is 2.51. The van der Waals surface area contributed by atoms with Crippen molar-refractivity contribution in [3.8, 4) is 5.75 Å². The summed E-state index contributed by atoms with van der Waals surface area (Å²) in [6, 6.07) is 7.71. The first-order valence-corrected chi connectivity index (χ1v) is 6.19. The van der Waals surface area contributed by atoms with Crippen LogP contribution >= 0.6 is 11.6 Å². The van der Waals surface area contributed by atoms with Crippen LogP contribution in [-0.2, 0) is 0 Å². The van der Waals surface area contributed by atoms with Crippen molar-refractivity contribution in [2.24, 2.45) is 5.84 Å². The summed E-state index contributed by atoms with van der Waals surface area (Å²) in [7, 11) is 1.47. The topological polar surface area (TPSA) is 47.3 Å². The van der Waals surface area contributed by atoms with Crippen molar-refractivity contribution in [3.63, 3.8) is 0 Å². The minimum Gasteiger partial charge on any atom is -0.496 e. The highest BCUT2D eigenvalue weighted by Gasteiger charge is 2.19. The number of halogens is 3. The molecule has 2 aromatic carbocycles. The zero-order chi connectivity index (χ0) is 14.7. The third kappa shape index (κ3) is 2.90. The Morgan fingerprint density at radius 1 is 1.20 bits per heavy atom. The van der Waals surface area contributed by atoms with Gasteiger partial charge in [-0.1, -0.05) is 17.7 Å². The quantitative estimate of drug-likeness (QED) is 0.673. The molecule has 106 valence electrons. The molecule has 3 nitrogen and oxygen atoms in total. The van der Waals surface area contributed by atoms with Gasteiger partial charge in [0.1, 0.15) is 17.4 Å². The molecule has 0 aromatic heterocycles. The first-order valence-electron chi connectivity index (χ1n) is 5.81. The maximum absolute atomic E-state index is 13.5. The van der Waals surface area contributed by atoms with E-state index in [9.17, 15) is 8.78 Å². The molecule has 0 aliphatic heterocycles. The molecule has 0 spiro atoms. The van der Waals surface area contributed by atoms with Gasteiger partial charge in [-0.25, -0.2) is 14.2 Å². The minimum absolute atomic E-state index is 0.00993. The molecular weight excluding hydrogens is 286 g/mol. The second kappa shape index (κ2) is 6.17. The summed E-state index contributed by atoms with van der Waals surface area (Å²) in [4.78, 5) is 0. The van der Waals surface area contributed by atoms with Crippen LogP contribution in [0.15, 0.2) is 36.4 Å². The number of rotatable bonds is 4. The summed E-state index contributed by atoms with van der Waals surface area (Å²) in [5.74, 6) is 4.96. The third-order valence-corrected chi connectivity index (χ3v) is 3.25. The highest BCUT2D eigenvalue weighted by Crippen LogP contribution is 2.31. The fourth-order valence-electron chi connectivity index (χ4n) is 1.99. The van der Waals surface area contributed by atoms with Gasteiger partial charge in [0.25, 0.3) is 0 Å². The maximum Gasteiger partial charge on any atom is 0.142 e. The largest absolute Gasteiger partial charge is 0.496 e. The van der Waals surface area contributed by atoms with Crippen molar-refractivity contribution in [2.75, 3.05) is 7.11 Å². The van der Waals surface area contributed by atoms with E-state index in [2.05, 4.69) is 5.43 Å². The number of hydrogen-bond acceptors (Lipinski definition) is 3. The molecule has 0 fully saturated rings. The molecule has 6 heteroatoms. The lowest BCUT2D eigenvalue weighted by molar-refractivity contribution is 0.402. The highest BCUT2D eigenvalue weighted by atomic mass is 35.5. The van der Waals surface area contributed by atoms with E-state index in [1.54, 1.807) is 6.07 Å². The molecule has 0 aliphatic carbocycles. The molecule has 20 heavy (non-hydrogen) atoms. The monoisotopic (exact) mass is 298 g/mol. The van der Waals surface area contributed by atoms with Crippen molar-refractivity contribution in [3.05, 3.63) is 64.2 Å². The van der Waals surface area contributed by atoms with Gasteiger partial charge >= 0.3 is 0 Å². The van der Waals surface area contributed by atoms with Crippen LogP contribution < -0.4 is 16.0 Å². The lowest BCUT2D eigenvalue weighted by atomic mass is 9.98. The molecule has 1 atom stereocenters. The Labute approximate surface area is 120 Å². The van der Waals surface area contributed by atoms with Gasteiger partial charge in [0.15, 0.2) is 0 Å². The fourth-order valence-corrected chi connectivity index (χ4v) is 2.11. The van der Waals surface area contributed by atoms with Gasteiger partial charge < -0.3 is 4.74 Å². The predicted octanol–water partition coefficient (Wildman–Crippen LogP) is 3.18. The van der Waals surface area contributed by atoms with Gasteiger partial charge in [0, 0.05) is 5.56 Å². The zero-order valence-corrected chi connectivity index (χ0v) is 11.4. The van der Waals surface area contributed by atoms with Gasteiger partial charge in [-0.05, 0) is 35.9 Å². The number of methoxy groups -OCH3 is 1. The Morgan fingerprint density at radius 3 is 2.55 bits per heavy atom. The van der Waals surface area contributed by atoms with E-state index in [0.29, 0.717) is 16.9 Å². The smallest absolute Gasteiger partial charge is 0.142 e. The molecule has 1 unspecified atom stereocenters. The Kier molecular flexibility index (Phi) is 4.54. The van der Waals surface area contributed by atoms with Crippen LogP contribution in [0.4, 0.5) is 8.78 Å². The van der Waals surface area contributed by atoms with E-state index in [1.165, 1.54) is 37.4 Å². The molecule has 0 aliphatic rings. The van der Waals surface area contributed by atoms with Gasteiger partial charge in [-0.2, -0.15) is 0 Å². The van der Waals surface area contributed by atoms with Crippen LogP contribution in [0, 0.1) is 11.6 Å².